The van der Waals surface area contributed by atoms with Crippen molar-refractivity contribution < 1.29 is 0 Å². The van der Waals surface area contributed by atoms with Gasteiger partial charge in [-0.2, -0.15) is 0 Å². The maximum atomic E-state index is 4.27. The predicted molar refractivity (Wildman–Crippen MR) is 92.4 cm³/mol. The van der Waals surface area contributed by atoms with Crippen molar-refractivity contribution in [2.75, 3.05) is 0 Å². The first-order valence-electron chi connectivity index (χ1n) is 7.82. The summed E-state index contributed by atoms with van der Waals surface area (Å²) in [7, 11) is 0. The molecule has 1 aromatic heterocycles. The SMILES string of the molecule is c1ccc(C(c2ccccc2)(c2ccccc2)n2cnnn2)cc1. The number of hydrogen-bond donors (Lipinski definition) is 0. The van der Waals surface area contributed by atoms with E-state index in [1.807, 2.05) is 59.3 Å². The topological polar surface area (TPSA) is 43.6 Å². The van der Waals surface area contributed by atoms with Crippen LogP contribution in [0.15, 0.2) is 97.3 Å². The molecule has 0 aliphatic carbocycles. The zero-order chi connectivity index (χ0) is 16.2. The lowest BCUT2D eigenvalue weighted by atomic mass is 9.77. The second-order valence-electron chi connectivity index (χ2n) is 5.56. The first-order valence-corrected chi connectivity index (χ1v) is 7.82. The Kier molecular flexibility index (Phi) is 3.63. The summed E-state index contributed by atoms with van der Waals surface area (Å²) >= 11 is 0. The average Bonchev–Trinajstić information content (AvgIpc) is 3.20. The molecular formula is C20H16N4. The molecule has 4 nitrogen and oxygen atoms in total. The van der Waals surface area contributed by atoms with E-state index < -0.39 is 5.54 Å². The van der Waals surface area contributed by atoms with Crippen molar-refractivity contribution >= 4 is 0 Å². The molecule has 4 rings (SSSR count). The van der Waals surface area contributed by atoms with Crippen molar-refractivity contribution in [2.24, 2.45) is 0 Å². The van der Waals surface area contributed by atoms with Gasteiger partial charge in [-0.15, -0.1) is 5.10 Å². The Morgan fingerprint density at radius 3 is 1.33 bits per heavy atom. The molecule has 0 aliphatic heterocycles. The highest BCUT2D eigenvalue weighted by Crippen LogP contribution is 2.39. The zero-order valence-electron chi connectivity index (χ0n) is 13.0. The van der Waals surface area contributed by atoms with Crippen LogP contribution in [0.4, 0.5) is 0 Å². The monoisotopic (exact) mass is 312 g/mol. The molecule has 116 valence electrons. The third-order valence-electron chi connectivity index (χ3n) is 4.27. The number of aromatic nitrogens is 4. The Morgan fingerprint density at radius 2 is 1.00 bits per heavy atom. The van der Waals surface area contributed by atoms with Gasteiger partial charge >= 0.3 is 0 Å². The van der Waals surface area contributed by atoms with Gasteiger partial charge in [-0.05, 0) is 27.1 Å². The number of benzene rings is 3. The van der Waals surface area contributed by atoms with Gasteiger partial charge in [0.2, 0.25) is 0 Å². The minimum atomic E-state index is -0.618. The van der Waals surface area contributed by atoms with E-state index in [0.717, 1.165) is 16.7 Å². The number of tetrazole rings is 1. The van der Waals surface area contributed by atoms with E-state index >= 15 is 0 Å². The highest BCUT2D eigenvalue weighted by molar-refractivity contribution is 5.49. The Labute approximate surface area is 140 Å². The van der Waals surface area contributed by atoms with Crippen molar-refractivity contribution in [1.29, 1.82) is 0 Å². The quantitative estimate of drug-likeness (QED) is 0.542. The summed E-state index contributed by atoms with van der Waals surface area (Å²) in [5, 5.41) is 12.1. The van der Waals surface area contributed by atoms with Crippen molar-refractivity contribution in [3.63, 3.8) is 0 Å². The summed E-state index contributed by atoms with van der Waals surface area (Å²) in [6.07, 6.45) is 1.67. The molecule has 0 N–H and O–H groups in total. The van der Waals surface area contributed by atoms with Crippen molar-refractivity contribution in [2.45, 2.75) is 5.54 Å². The normalized spacial score (nSPS) is 11.3. The van der Waals surface area contributed by atoms with Gasteiger partial charge in [-0.3, -0.25) is 0 Å². The van der Waals surface area contributed by atoms with E-state index in [4.69, 9.17) is 0 Å². The van der Waals surface area contributed by atoms with E-state index in [1.165, 1.54) is 0 Å². The molecule has 0 saturated heterocycles. The average molecular weight is 312 g/mol. The first kappa shape index (κ1) is 14.3. The first-order chi connectivity index (χ1) is 11.9. The fourth-order valence-corrected chi connectivity index (χ4v) is 3.25. The van der Waals surface area contributed by atoms with E-state index in [-0.39, 0.29) is 0 Å². The van der Waals surface area contributed by atoms with Crippen LogP contribution in [-0.4, -0.2) is 20.2 Å². The predicted octanol–water partition coefficient (Wildman–Crippen LogP) is 3.51. The van der Waals surface area contributed by atoms with Gasteiger partial charge in [-0.1, -0.05) is 91.0 Å². The molecule has 0 amide bonds. The van der Waals surface area contributed by atoms with Crippen molar-refractivity contribution in [1.82, 2.24) is 20.2 Å². The minimum Gasteiger partial charge on any atom is -0.213 e. The number of hydrogen-bond acceptors (Lipinski definition) is 3. The molecule has 4 heteroatoms. The minimum absolute atomic E-state index is 0.618. The Bertz CT molecular complexity index is 792. The molecule has 4 aromatic rings. The van der Waals surface area contributed by atoms with Crippen LogP contribution in [0.3, 0.4) is 0 Å². The van der Waals surface area contributed by atoms with E-state index in [0.29, 0.717) is 0 Å². The second kappa shape index (κ2) is 6.08. The van der Waals surface area contributed by atoms with Gasteiger partial charge in [0.25, 0.3) is 0 Å². The summed E-state index contributed by atoms with van der Waals surface area (Å²) in [4.78, 5) is 0. The zero-order valence-corrected chi connectivity index (χ0v) is 13.0. The molecule has 0 unspecified atom stereocenters. The lowest BCUT2D eigenvalue weighted by Crippen LogP contribution is -2.38. The van der Waals surface area contributed by atoms with Gasteiger partial charge in [0.05, 0.1) is 0 Å². The van der Waals surface area contributed by atoms with Gasteiger partial charge in [0.15, 0.2) is 0 Å². The Hall–Kier alpha value is -3.27. The smallest absolute Gasteiger partial charge is 0.141 e. The highest BCUT2D eigenvalue weighted by Gasteiger charge is 2.39. The third-order valence-corrected chi connectivity index (χ3v) is 4.27. The molecule has 0 spiro atoms. The van der Waals surface area contributed by atoms with Gasteiger partial charge in [0, 0.05) is 0 Å². The van der Waals surface area contributed by atoms with Gasteiger partial charge < -0.3 is 0 Å². The van der Waals surface area contributed by atoms with Crippen LogP contribution >= 0.6 is 0 Å². The standard InChI is InChI=1S/C20H16N4/c1-4-10-17(11-5-1)20(24-16-21-22-23-24,18-12-6-2-7-13-18)19-14-8-3-9-15-19/h1-16H. The molecule has 1 heterocycles. The van der Waals surface area contributed by atoms with E-state index in [2.05, 4.69) is 51.9 Å². The van der Waals surface area contributed by atoms with E-state index in [9.17, 15) is 0 Å². The van der Waals surface area contributed by atoms with Crippen molar-refractivity contribution in [3.05, 3.63) is 114 Å². The summed E-state index contributed by atoms with van der Waals surface area (Å²) in [6.45, 7) is 0. The second-order valence-corrected chi connectivity index (χ2v) is 5.56. The number of nitrogens with zero attached hydrogens (tertiary/aromatic N) is 4. The van der Waals surface area contributed by atoms with Crippen LogP contribution in [-0.2, 0) is 5.54 Å². The number of rotatable bonds is 4. The Balaban J connectivity index is 2.12. The third kappa shape index (κ3) is 2.20. The largest absolute Gasteiger partial charge is 0.213 e. The lowest BCUT2D eigenvalue weighted by Gasteiger charge is -2.35. The molecule has 0 aliphatic rings. The molecule has 3 aromatic carbocycles. The fourth-order valence-electron chi connectivity index (χ4n) is 3.25. The summed E-state index contributed by atoms with van der Waals surface area (Å²) in [5.74, 6) is 0. The van der Waals surface area contributed by atoms with Gasteiger partial charge in [-0.25, -0.2) is 4.68 Å². The molecule has 24 heavy (non-hydrogen) atoms. The molecule has 0 radical (unpaired) electrons. The maximum absolute atomic E-state index is 4.27. The Morgan fingerprint density at radius 1 is 0.583 bits per heavy atom. The lowest BCUT2D eigenvalue weighted by molar-refractivity contribution is 0.446. The highest BCUT2D eigenvalue weighted by atomic mass is 15.5. The molecule has 0 atom stereocenters. The van der Waals surface area contributed by atoms with Gasteiger partial charge in [0.1, 0.15) is 11.9 Å². The van der Waals surface area contributed by atoms with Crippen LogP contribution in [0.1, 0.15) is 16.7 Å². The molecular weight excluding hydrogens is 296 g/mol. The van der Waals surface area contributed by atoms with Crippen LogP contribution < -0.4 is 0 Å². The molecule has 0 fully saturated rings. The molecule has 0 bridgehead atoms. The van der Waals surface area contributed by atoms with Crippen LogP contribution in [0.2, 0.25) is 0 Å². The van der Waals surface area contributed by atoms with Crippen LogP contribution in [0.5, 0.6) is 0 Å². The van der Waals surface area contributed by atoms with Crippen LogP contribution in [0, 0.1) is 0 Å². The van der Waals surface area contributed by atoms with Crippen LogP contribution in [0.25, 0.3) is 0 Å². The van der Waals surface area contributed by atoms with E-state index in [1.54, 1.807) is 6.33 Å². The fraction of sp³-hybridized carbons (Fsp3) is 0.0500. The summed E-state index contributed by atoms with van der Waals surface area (Å²) in [5.41, 5.74) is 2.70. The maximum Gasteiger partial charge on any atom is 0.141 e. The molecule has 0 saturated carbocycles. The summed E-state index contributed by atoms with van der Waals surface area (Å²) in [6, 6.07) is 31.0. The summed E-state index contributed by atoms with van der Waals surface area (Å²) < 4.78 is 1.83. The van der Waals surface area contributed by atoms with Crippen molar-refractivity contribution in [3.8, 4) is 0 Å².